The Balaban J connectivity index is 1.90. The summed E-state index contributed by atoms with van der Waals surface area (Å²) in [5, 5.41) is 10.2. The minimum absolute atomic E-state index is 0.0280. The maximum atomic E-state index is 12.6. The van der Waals surface area contributed by atoms with Gasteiger partial charge in [0, 0.05) is 13.1 Å². The molecular weight excluding hydrogens is 313 g/mol. The molecule has 1 aliphatic carbocycles. The lowest BCUT2D eigenvalue weighted by atomic mass is 9.81. The van der Waals surface area contributed by atoms with Crippen LogP contribution in [0.25, 0.3) is 0 Å². The van der Waals surface area contributed by atoms with Gasteiger partial charge in [-0.25, -0.2) is 0 Å². The fourth-order valence-corrected chi connectivity index (χ4v) is 4.21. The number of carboxylic acid groups (broad SMARTS) is 1. The highest BCUT2D eigenvalue weighted by atomic mass is 35.5. The molecule has 1 saturated carbocycles. The number of fused-ring (bicyclic) bond motifs is 1. The molecule has 6 heteroatoms. The third-order valence-corrected chi connectivity index (χ3v) is 5.39. The molecule has 0 radical (unpaired) electrons. The Kier molecular flexibility index (Phi) is 3.62. The van der Waals surface area contributed by atoms with Crippen molar-refractivity contribution in [2.24, 2.45) is 11.3 Å². The first-order valence-corrected chi connectivity index (χ1v) is 7.68. The average molecular weight is 328 g/mol. The Morgan fingerprint density at radius 2 is 1.95 bits per heavy atom. The fraction of sp³-hybridized carbons (Fsp3) is 0.467. The molecule has 2 atom stereocenters. The van der Waals surface area contributed by atoms with E-state index in [1.807, 2.05) is 0 Å². The number of aliphatic carboxylic acids is 1. The first-order valence-electron chi connectivity index (χ1n) is 6.92. The zero-order valence-corrected chi connectivity index (χ0v) is 12.8. The van der Waals surface area contributed by atoms with Crippen molar-refractivity contribution in [3.05, 3.63) is 33.8 Å². The minimum Gasteiger partial charge on any atom is -0.481 e. The SMILES string of the molecule is O=C(c1c(Cl)cccc1Cl)N1C[C@@H]2CCC[C@@]2(C(=O)O)C1. The highest BCUT2D eigenvalue weighted by Crippen LogP contribution is 2.49. The van der Waals surface area contributed by atoms with E-state index in [1.54, 1.807) is 23.1 Å². The molecule has 0 unspecified atom stereocenters. The van der Waals surface area contributed by atoms with Crippen LogP contribution in [0.1, 0.15) is 29.6 Å². The van der Waals surface area contributed by atoms with Crippen LogP contribution in [-0.2, 0) is 4.79 Å². The number of amides is 1. The standard InChI is InChI=1S/C15H15Cl2NO3/c16-10-4-1-5-11(17)12(10)13(19)18-7-9-3-2-6-15(9,8-18)14(20)21/h1,4-5,9H,2-3,6-8H2,(H,20,21)/t9-,15+/m0/s1. The lowest BCUT2D eigenvalue weighted by molar-refractivity contribution is -0.149. The number of carbonyl (C=O) groups is 2. The number of benzene rings is 1. The normalized spacial score (nSPS) is 27.7. The number of rotatable bonds is 2. The van der Waals surface area contributed by atoms with E-state index in [1.165, 1.54) is 0 Å². The second-order valence-electron chi connectivity index (χ2n) is 5.83. The van der Waals surface area contributed by atoms with Gasteiger partial charge in [0.2, 0.25) is 0 Å². The van der Waals surface area contributed by atoms with Gasteiger partial charge in [0.1, 0.15) is 0 Å². The highest BCUT2D eigenvalue weighted by molar-refractivity contribution is 6.39. The summed E-state index contributed by atoms with van der Waals surface area (Å²) in [5.74, 6) is -1.05. The van der Waals surface area contributed by atoms with Crippen LogP contribution in [0, 0.1) is 11.3 Å². The van der Waals surface area contributed by atoms with Crippen molar-refractivity contribution in [3.8, 4) is 0 Å². The van der Waals surface area contributed by atoms with E-state index in [4.69, 9.17) is 23.2 Å². The van der Waals surface area contributed by atoms with E-state index >= 15 is 0 Å². The molecular formula is C15H15Cl2NO3. The molecule has 0 bridgehead atoms. The molecule has 1 heterocycles. The molecule has 0 aromatic heterocycles. The average Bonchev–Trinajstić information content (AvgIpc) is 2.95. The van der Waals surface area contributed by atoms with Crippen molar-refractivity contribution in [1.82, 2.24) is 4.90 Å². The second kappa shape index (κ2) is 5.18. The molecule has 1 amide bonds. The number of halogens is 2. The zero-order chi connectivity index (χ0) is 15.2. The van der Waals surface area contributed by atoms with Gasteiger partial charge in [0.25, 0.3) is 5.91 Å². The molecule has 112 valence electrons. The van der Waals surface area contributed by atoms with Crippen LogP contribution < -0.4 is 0 Å². The zero-order valence-electron chi connectivity index (χ0n) is 11.3. The molecule has 1 aromatic carbocycles. The molecule has 0 spiro atoms. The van der Waals surface area contributed by atoms with Gasteiger partial charge in [-0.15, -0.1) is 0 Å². The van der Waals surface area contributed by atoms with Crippen LogP contribution in [0.5, 0.6) is 0 Å². The van der Waals surface area contributed by atoms with E-state index in [-0.39, 0.29) is 23.9 Å². The Morgan fingerprint density at radius 1 is 1.29 bits per heavy atom. The summed E-state index contributed by atoms with van der Waals surface area (Å²) in [6.07, 6.45) is 2.39. The van der Waals surface area contributed by atoms with Crippen LogP contribution in [0.15, 0.2) is 18.2 Å². The van der Waals surface area contributed by atoms with Crippen LogP contribution in [0.4, 0.5) is 0 Å². The Bertz CT molecular complexity index is 599. The van der Waals surface area contributed by atoms with Gasteiger partial charge >= 0.3 is 5.97 Å². The Hall–Kier alpha value is -1.26. The summed E-state index contributed by atoms with van der Waals surface area (Å²) in [6.45, 7) is 0.708. The van der Waals surface area contributed by atoms with Crippen LogP contribution in [-0.4, -0.2) is 35.0 Å². The first kappa shape index (κ1) is 14.7. The smallest absolute Gasteiger partial charge is 0.311 e. The molecule has 2 aliphatic rings. The number of likely N-dealkylation sites (tertiary alicyclic amines) is 1. The van der Waals surface area contributed by atoms with Gasteiger partial charge in [-0.2, -0.15) is 0 Å². The summed E-state index contributed by atoms with van der Waals surface area (Å²) in [7, 11) is 0. The quantitative estimate of drug-likeness (QED) is 0.906. The van der Waals surface area contributed by atoms with E-state index in [0.717, 1.165) is 12.8 Å². The molecule has 2 fully saturated rings. The second-order valence-corrected chi connectivity index (χ2v) is 6.65. The predicted octanol–water partition coefficient (Wildman–Crippen LogP) is 3.32. The topological polar surface area (TPSA) is 57.6 Å². The number of carbonyl (C=O) groups excluding carboxylic acids is 1. The molecule has 1 N–H and O–H groups in total. The van der Waals surface area contributed by atoms with Crippen molar-refractivity contribution in [1.29, 1.82) is 0 Å². The lowest BCUT2D eigenvalue weighted by Gasteiger charge is -2.23. The number of hydrogen-bond donors (Lipinski definition) is 1. The predicted molar refractivity (Wildman–Crippen MR) is 79.8 cm³/mol. The Labute approximate surface area is 132 Å². The summed E-state index contributed by atoms with van der Waals surface area (Å²) in [6, 6.07) is 4.91. The summed E-state index contributed by atoms with van der Waals surface area (Å²) in [5.41, 5.74) is -0.523. The van der Waals surface area contributed by atoms with Gasteiger partial charge in [-0.3, -0.25) is 9.59 Å². The van der Waals surface area contributed by atoms with Gasteiger partial charge in [0.05, 0.1) is 21.0 Å². The van der Waals surface area contributed by atoms with Gasteiger partial charge in [-0.1, -0.05) is 35.7 Å². The van der Waals surface area contributed by atoms with E-state index in [9.17, 15) is 14.7 Å². The van der Waals surface area contributed by atoms with Gasteiger partial charge < -0.3 is 10.0 Å². The largest absolute Gasteiger partial charge is 0.481 e. The molecule has 1 saturated heterocycles. The number of hydrogen-bond acceptors (Lipinski definition) is 2. The lowest BCUT2D eigenvalue weighted by Crippen LogP contribution is -2.37. The van der Waals surface area contributed by atoms with Crippen molar-refractivity contribution >= 4 is 35.1 Å². The molecule has 21 heavy (non-hydrogen) atoms. The van der Waals surface area contributed by atoms with Crippen molar-refractivity contribution in [2.45, 2.75) is 19.3 Å². The maximum Gasteiger partial charge on any atom is 0.311 e. The Morgan fingerprint density at radius 3 is 2.52 bits per heavy atom. The van der Waals surface area contributed by atoms with Crippen LogP contribution in [0.2, 0.25) is 10.0 Å². The number of nitrogens with zero attached hydrogens (tertiary/aromatic N) is 1. The van der Waals surface area contributed by atoms with E-state index < -0.39 is 11.4 Å². The third kappa shape index (κ3) is 2.21. The monoisotopic (exact) mass is 327 g/mol. The van der Waals surface area contributed by atoms with Crippen molar-refractivity contribution in [2.75, 3.05) is 13.1 Å². The van der Waals surface area contributed by atoms with Gasteiger partial charge in [-0.05, 0) is 30.9 Å². The summed E-state index contributed by atoms with van der Waals surface area (Å²) < 4.78 is 0. The van der Waals surface area contributed by atoms with E-state index in [0.29, 0.717) is 23.0 Å². The highest BCUT2D eigenvalue weighted by Gasteiger charge is 2.56. The minimum atomic E-state index is -0.800. The van der Waals surface area contributed by atoms with Crippen LogP contribution >= 0.6 is 23.2 Å². The van der Waals surface area contributed by atoms with Gasteiger partial charge in [0.15, 0.2) is 0 Å². The maximum absolute atomic E-state index is 12.6. The summed E-state index contributed by atoms with van der Waals surface area (Å²) >= 11 is 12.1. The summed E-state index contributed by atoms with van der Waals surface area (Å²) in [4.78, 5) is 25.9. The van der Waals surface area contributed by atoms with Crippen molar-refractivity contribution < 1.29 is 14.7 Å². The third-order valence-electron chi connectivity index (χ3n) is 4.76. The molecule has 3 rings (SSSR count). The van der Waals surface area contributed by atoms with Crippen LogP contribution in [0.3, 0.4) is 0 Å². The molecule has 4 nitrogen and oxygen atoms in total. The molecule has 1 aromatic rings. The molecule has 1 aliphatic heterocycles. The first-order chi connectivity index (χ1) is 9.95. The fourth-order valence-electron chi connectivity index (χ4n) is 3.65. The van der Waals surface area contributed by atoms with E-state index in [2.05, 4.69) is 0 Å². The van der Waals surface area contributed by atoms with Crippen molar-refractivity contribution in [3.63, 3.8) is 0 Å². The number of carboxylic acids is 1.